The fourth-order valence-corrected chi connectivity index (χ4v) is 3.84. The Bertz CT molecular complexity index is 985. The van der Waals surface area contributed by atoms with Crippen LogP contribution >= 0.6 is 0 Å². The number of carbonyl (C=O) groups is 2. The van der Waals surface area contributed by atoms with Gasteiger partial charge in [0.05, 0.1) is 6.04 Å². The van der Waals surface area contributed by atoms with Gasteiger partial charge >= 0.3 is 5.97 Å². The third kappa shape index (κ3) is 5.28. The summed E-state index contributed by atoms with van der Waals surface area (Å²) in [5.74, 6) is -1.06. The quantitative estimate of drug-likeness (QED) is 0.124. The highest BCUT2D eigenvalue weighted by molar-refractivity contribution is 6.05. The monoisotopic (exact) mass is 423 g/mol. The van der Waals surface area contributed by atoms with Gasteiger partial charge in [-0.05, 0) is 54.1 Å². The van der Waals surface area contributed by atoms with E-state index in [9.17, 15) is 9.59 Å². The number of likely N-dealkylation sites (N-methyl/N-ethyl adjacent to an activating group) is 1. The number of benzene rings is 2. The normalized spacial score (nSPS) is 13.6. The number of fused-ring (bicyclic) bond motifs is 3. The Morgan fingerprint density at radius 1 is 1.13 bits per heavy atom. The molecule has 0 saturated heterocycles. The van der Waals surface area contributed by atoms with Crippen molar-refractivity contribution in [2.24, 2.45) is 22.2 Å². The summed E-state index contributed by atoms with van der Waals surface area (Å²) < 4.78 is 5.50. The van der Waals surface area contributed by atoms with Gasteiger partial charge in [-0.2, -0.15) is 0 Å². The summed E-state index contributed by atoms with van der Waals surface area (Å²) in [5, 5.41) is 2.72. The smallest absolute Gasteiger partial charge is 0.331 e. The molecule has 0 aliphatic heterocycles. The number of guanidine groups is 1. The second-order valence-corrected chi connectivity index (χ2v) is 7.56. The van der Waals surface area contributed by atoms with Gasteiger partial charge in [0.15, 0.2) is 17.8 Å². The Morgan fingerprint density at radius 3 is 2.61 bits per heavy atom. The predicted octanol–water partition coefficient (Wildman–Crippen LogP) is 0.839. The number of nitrogens with two attached hydrogens (primary N) is 3. The molecule has 0 heterocycles. The number of carbonyl (C=O) groups excluding carboxylic acids is 2. The van der Waals surface area contributed by atoms with E-state index in [1.807, 2.05) is 24.3 Å². The number of rotatable bonds is 10. The van der Waals surface area contributed by atoms with E-state index < -0.39 is 23.8 Å². The van der Waals surface area contributed by atoms with E-state index in [4.69, 9.17) is 21.9 Å². The van der Waals surface area contributed by atoms with E-state index in [-0.39, 0.29) is 12.6 Å². The third-order valence-corrected chi connectivity index (χ3v) is 5.46. The highest BCUT2D eigenvalue weighted by atomic mass is 16.5. The highest BCUT2D eigenvalue weighted by Crippen LogP contribution is 2.38. The van der Waals surface area contributed by atoms with Crippen molar-refractivity contribution in [1.82, 2.24) is 5.32 Å². The Hall–Kier alpha value is -3.23. The number of Topliss-reactive ketones (excluding diaryl/α,β-unsaturated/α-hetero) is 1. The molecular weight excluding hydrogens is 394 g/mol. The van der Waals surface area contributed by atoms with Gasteiger partial charge in [-0.15, -0.1) is 0 Å². The minimum Gasteiger partial charge on any atom is -0.459 e. The fourth-order valence-electron chi connectivity index (χ4n) is 3.84. The van der Waals surface area contributed by atoms with Crippen molar-refractivity contribution in [2.75, 3.05) is 13.6 Å². The molecule has 7 N–H and O–H groups in total. The zero-order valence-corrected chi connectivity index (χ0v) is 17.6. The van der Waals surface area contributed by atoms with Gasteiger partial charge in [0.2, 0.25) is 0 Å². The Labute approximate surface area is 181 Å². The van der Waals surface area contributed by atoms with Crippen molar-refractivity contribution >= 4 is 17.7 Å². The number of nitrogens with one attached hydrogen (secondary N) is 1. The lowest BCUT2D eigenvalue weighted by Gasteiger charge is -2.18. The molecule has 0 fully saturated rings. The standard InChI is InChI=1S/C23H29N5O3/c1-27-20(21(29)19(24)10-5-11-28-23(25)26)22(30)31-13-15-7-4-9-17-16-8-3-2-6-14(16)12-18(15)17/h2-4,6-9,19-20,27H,5,10-13,24H2,1H3,(H4,25,26,28)/t19-,20?/m0/s1. The average Bonchev–Trinajstić information content (AvgIpc) is 3.14. The van der Waals surface area contributed by atoms with Crippen molar-refractivity contribution in [3.05, 3.63) is 59.2 Å². The number of ketones is 1. The highest BCUT2D eigenvalue weighted by Gasteiger charge is 2.31. The summed E-state index contributed by atoms with van der Waals surface area (Å²) in [6.45, 7) is 0.473. The maximum Gasteiger partial charge on any atom is 0.331 e. The molecule has 164 valence electrons. The molecule has 2 aromatic carbocycles. The first kappa shape index (κ1) is 22.5. The summed E-state index contributed by atoms with van der Waals surface area (Å²) in [6.07, 6.45) is 1.70. The van der Waals surface area contributed by atoms with Crippen molar-refractivity contribution in [3.63, 3.8) is 0 Å². The number of ether oxygens (including phenoxy) is 1. The number of nitrogens with zero attached hydrogens (tertiary/aromatic N) is 1. The average molecular weight is 424 g/mol. The molecule has 8 heteroatoms. The molecule has 0 bridgehead atoms. The maximum atomic E-state index is 12.6. The van der Waals surface area contributed by atoms with Gasteiger partial charge < -0.3 is 27.3 Å². The molecule has 2 aromatic rings. The first-order chi connectivity index (χ1) is 14.9. The SMILES string of the molecule is CNC(C(=O)OCc1cccc2c1Cc1ccccc1-2)C(=O)[C@@H](N)CCCN=C(N)N. The molecule has 1 aliphatic carbocycles. The molecule has 0 saturated carbocycles. The van der Waals surface area contributed by atoms with E-state index in [0.29, 0.717) is 19.4 Å². The summed E-state index contributed by atoms with van der Waals surface area (Å²) in [7, 11) is 1.53. The van der Waals surface area contributed by atoms with Crippen LogP contribution in [0.5, 0.6) is 0 Å². The first-order valence-corrected chi connectivity index (χ1v) is 10.3. The summed E-state index contributed by atoms with van der Waals surface area (Å²) in [4.78, 5) is 29.1. The summed E-state index contributed by atoms with van der Waals surface area (Å²) >= 11 is 0. The minimum absolute atomic E-state index is 0.00734. The topological polar surface area (TPSA) is 146 Å². The molecule has 1 unspecified atom stereocenters. The molecule has 8 nitrogen and oxygen atoms in total. The lowest BCUT2D eigenvalue weighted by molar-refractivity contribution is -0.150. The Morgan fingerprint density at radius 2 is 1.87 bits per heavy atom. The van der Waals surface area contributed by atoms with Crippen LogP contribution in [0.2, 0.25) is 0 Å². The van der Waals surface area contributed by atoms with E-state index in [0.717, 1.165) is 23.1 Å². The Kier molecular flexibility index (Phi) is 7.38. The first-order valence-electron chi connectivity index (χ1n) is 10.3. The van der Waals surface area contributed by atoms with Crippen molar-refractivity contribution in [3.8, 4) is 11.1 Å². The van der Waals surface area contributed by atoms with Crippen LogP contribution in [0.3, 0.4) is 0 Å². The van der Waals surface area contributed by atoms with Gasteiger partial charge in [-0.3, -0.25) is 9.79 Å². The molecular formula is C23H29N5O3. The molecule has 3 rings (SSSR count). The zero-order chi connectivity index (χ0) is 22.4. The number of esters is 1. The van der Waals surface area contributed by atoms with E-state index in [2.05, 4.69) is 28.5 Å². The molecule has 0 aromatic heterocycles. The molecule has 0 radical (unpaired) electrons. The van der Waals surface area contributed by atoms with Crippen LogP contribution < -0.4 is 22.5 Å². The van der Waals surface area contributed by atoms with Crippen LogP contribution in [-0.2, 0) is 27.4 Å². The van der Waals surface area contributed by atoms with Crippen LogP contribution in [0.4, 0.5) is 0 Å². The number of aliphatic imine (C=N–C) groups is 1. The molecule has 0 amide bonds. The minimum atomic E-state index is -1.12. The van der Waals surface area contributed by atoms with Gasteiger partial charge in [-0.25, -0.2) is 4.79 Å². The van der Waals surface area contributed by atoms with E-state index >= 15 is 0 Å². The Balaban J connectivity index is 1.60. The number of hydrogen-bond donors (Lipinski definition) is 4. The van der Waals surface area contributed by atoms with Crippen LogP contribution in [0.15, 0.2) is 47.5 Å². The van der Waals surface area contributed by atoms with E-state index in [1.54, 1.807) is 0 Å². The van der Waals surface area contributed by atoms with Crippen LogP contribution in [0.1, 0.15) is 29.5 Å². The largest absolute Gasteiger partial charge is 0.459 e. The molecule has 2 atom stereocenters. The van der Waals surface area contributed by atoms with Crippen molar-refractivity contribution < 1.29 is 14.3 Å². The molecule has 31 heavy (non-hydrogen) atoms. The lowest BCUT2D eigenvalue weighted by Crippen LogP contribution is -2.50. The van der Waals surface area contributed by atoms with Crippen LogP contribution in [-0.4, -0.2) is 43.4 Å². The third-order valence-electron chi connectivity index (χ3n) is 5.46. The van der Waals surface area contributed by atoms with Gasteiger partial charge in [-0.1, -0.05) is 42.5 Å². The van der Waals surface area contributed by atoms with Gasteiger partial charge in [0, 0.05) is 6.54 Å². The lowest BCUT2D eigenvalue weighted by atomic mass is 10.0. The second kappa shape index (κ2) is 10.2. The van der Waals surface area contributed by atoms with Gasteiger partial charge in [0.25, 0.3) is 0 Å². The second-order valence-electron chi connectivity index (χ2n) is 7.56. The maximum absolute atomic E-state index is 12.6. The predicted molar refractivity (Wildman–Crippen MR) is 120 cm³/mol. The molecule has 0 spiro atoms. The van der Waals surface area contributed by atoms with Crippen molar-refractivity contribution in [2.45, 2.75) is 38.0 Å². The van der Waals surface area contributed by atoms with Crippen molar-refractivity contribution in [1.29, 1.82) is 0 Å². The van der Waals surface area contributed by atoms with E-state index in [1.165, 1.54) is 18.2 Å². The van der Waals surface area contributed by atoms with Crippen LogP contribution in [0, 0.1) is 0 Å². The summed E-state index contributed by atoms with van der Waals surface area (Å²) in [6, 6.07) is 12.3. The van der Waals surface area contributed by atoms with Gasteiger partial charge in [0.1, 0.15) is 6.61 Å². The fraction of sp³-hybridized carbons (Fsp3) is 0.348. The number of hydrogen-bond acceptors (Lipinski definition) is 6. The van der Waals surface area contributed by atoms with Crippen LogP contribution in [0.25, 0.3) is 11.1 Å². The summed E-state index contributed by atoms with van der Waals surface area (Å²) in [5.41, 5.74) is 22.2. The molecule has 1 aliphatic rings. The zero-order valence-electron chi connectivity index (χ0n) is 17.6.